The molecule has 0 radical (unpaired) electrons. The highest BCUT2D eigenvalue weighted by atomic mass is 32.2. The normalized spacial score (nSPS) is 12.9. The maximum absolute atomic E-state index is 12.7. The Bertz CT molecular complexity index is 876. The number of ether oxygens (including phenoxy) is 1. The summed E-state index contributed by atoms with van der Waals surface area (Å²) in [4.78, 5) is 10.8. The lowest BCUT2D eigenvalue weighted by atomic mass is 10.2. The number of fused-ring (bicyclic) bond motifs is 1. The molecule has 0 amide bonds. The van der Waals surface area contributed by atoms with Gasteiger partial charge in [-0.05, 0) is 24.3 Å². The van der Waals surface area contributed by atoms with Crippen molar-refractivity contribution in [3.8, 4) is 0 Å². The van der Waals surface area contributed by atoms with Crippen LogP contribution in [0.5, 0.6) is 0 Å². The molecule has 0 spiro atoms. The van der Waals surface area contributed by atoms with Crippen molar-refractivity contribution in [1.82, 2.24) is 4.31 Å². The average molecular weight is 365 g/mol. The predicted molar refractivity (Wildman–Crippen MR) is 79.2 cm³/mol. The van der Waals surface area contributed by atoms with Gasteiger partial charge in [-0.25, -0.2) is 13.2 Å². The van der Waals surface area contributed by atoms with E-state index in [9.17, 15) is 26.4 Å². The smallest absolute Gasteiger partial charge is 0.402 e. The number of sulfonamides is 1. The number of hydrogen-bond donors (Lipinski definition) is 0. The van der Waals surface area contributed by atoms with Gasteiger partial charge in [-0.15, -0.1) is 0 Å². The Kier molecular flexibility index (Phi) is 5.31. The zero-order chi connectivity index (χ0) is 18.0. The third kappa shape index (κ3) is 4.34. The van der Waals surface area contributed by atoms with E-state index in [0.29, 0.717) is 4.31 Å². The minimum atomic E-state index is -4.69. The second-order valence-corrected chi connectivity index (χ2v) is 6.84. The summed E-state index contributed by atoms with van der Waals surface area (Å²) in [5.74, 6) is 0. The van der Waals surface area contributed by atoms with E-state index in [1.165, 1.54) is 19.2 Å². The van der Waals surface area contributed by atoms with Crippen molar-refractivity contribution in [2.75, 3.05) is 26.8 Å². The molecule has 0 bridgehead atoms. The first-order chi connectivity index (χ1) is 11.1. The summed E-state index contributed by atoms with van der Waals surface area (Å²) >= 11 is 0. The summed E-state index contributed by atoms with van der Waals surface area (Å²) in [5, 5.41) is 0.286. The molecule has 0 aliphatic carbocycles. The lowest BCUT2D eigenvalue weighted by Gasteiger charge is -2.23. The van der Waals surface area contributed by atoms with Crippen LogP contribution < -0.4 is 5.63 Å². The van der Waals surface area contributed by atoms with E-state index in [0.717, 1.165) is 18.2 Å². The van der Waals surface area contributed by atoms with Crippen molar-refractivity contribution >= 4 is 21.0 Å². The second kappa shape index (κ2) is 6.91. The van der Waals surface area contributed by atoms with Crippen LogP contribution in [0.1, 0.15) is 0 Å². The molecule has 0 atom stereocenters. The number of benzene rings is 1. The van der Waals surface area contributed by atoms with Crippen LogP contribution in [0.2, 0.25) is 0 Å². The topological polar surface area (TPSA) is 76.8 Å². The van der Waals surface area contributed by atoms with Crippen molar-refractivity contribution in [3.05, 3.63) is 40.8 Å². The molecule has 1 heterocycles. The highest BCUT2D eigenvalue weighted by Crippen LogP contribution is 2.24. The molecule has 0 saturated heterocycles. The van der Waals surface area contributed by atoms with E-state index in [1.54, 1.807) is 0 Å². The van der Waals surface area contributed by atoms with E-state index in [2.05, 4.69) is 4.74 Å². The fourth-order valence-electron chi connectivity index (χ4n) is 2.04. The van der Waals surface area contributed by atoms with Crippen LogP contribution in [0.4, 0.5) is 13.2 Å². The molecule has 2 aromatic rings. The van der Waals surface area contributed by atoms with Gasteiger partial charge in [-0.1, -0.05) is 0 Å². The van der Waals surface area contributed by atoms with Gasteiger partial charge in [0.05, 0.1) is 11.5 Å². The SMILES string of the molecule is COCCN(CC(F)(F)F)S(=O)(=O)c1ccc2oc(=O)ccc2c1. The fraction of sp³-hybridized carbons (Fsp3) is 0.357. The van der Waals surface area contributed by atoms with Gasteiger partial charge in [0, 0.05) is 25.1 Å². The minimum Gasteiger partial charge on any atom is -0.423 e. The van der Waals surface area contributed by atoms with E-state index in [-0.39, 0.29) is 22.5 Å². The monoisotopic (exact) mass is 365 g/mol. The Balaban J connectivity index is 2.44. The molecular formula is C14H14F3NO5S. The first-order valence-corrected chi connectivity index (χ1v) is 8.17. The Morgan fingerprint density at radius 2 is 1.92 bits per heavy atom. The van der Waals surface area contributed by atoms with Gasteiger partial charge in [0.25, 0.3) is 0 Å². The maximum Gasteiger partial charge on any atom is 0.402 e. The van der Waals surface area contributed by atoms with Gasteiger partial charge in [-0.2, -0.15) is 17.5 Å². The predicted octanol–water partition coefficient (Wildman–Crippen LogP) is 1.99. The van der Waals surface area contributed by atoms with E-state index < -0.39 is 34.9 Å². The summed E-state index contributed by atoms with van der Waals surface area (Å²) in [6, 6.07) is 5.91. The Hall–Kier alpha value is -1.91. The zero-order valence-electron chi connectivity index (χ0n) is 12.5. The largest absolute Gasteiger partial charge is 0.423 e. The molecule has 6 nitrogen and oxygen atoms in total. The van der Waals surface area contributed by atoms with Crippen molar-refractivity contribution in [2.24, 2.45) is 0 Å². The molecular weight excluding hydrogens is 351 g/mol. The number of hydrogen-bond acceptors (Lipinski definition) is 5. The molecule has 0 aliphatic heterocycles. The molecule has 1 aromatic carbocycles. The van der Waals surface area contributed by atoms with Gasteiger partial charge in [0.15, 0.2) is 0 Å². The Morgan fingerprint density at radius 3 is 2.54 bits per heavy atom. The Morgan fingerprint density at radius 1 is 1.21 bits per heavy atom. The van der Waals surface area contributed by atoms with Gasteiger partial charge in [0.2, 0.25) is 10.0 Å². The first kappa shape index (κ1) is 18.4. The number of methoxy groups -OCH3 is 1. The number of alkyl halides is 3. The van der Waals surface area contributed by atoms with E-state index in [4.69, 9.17) is 4.42 Å². The molecule has 0 aliphatic rings. The molecule has 2 rings (SSSR count). The number of nitrogens with zero attached hydrogens (tertiary/aromatic N) is 1. The molecule has 10 heteroatoms. The average Bonchev–Trinajstić information content (AvgIpc) is 2.49. The third-order valence-electron chi connectivity index (χ3n) is 3.13. The van der Waals surface area contributed by atoms with Crippen LogP contribution in [0.3, 0.4) is 0 Å². The van der Waals surface area contributed by atoms with Crippen LogP contribution in [0.25, 0.3) is 11.0 Å². The highest BCUT2D eigenvalue weighted by Gasteiger charge is 2.36. The van der Waals surface area contributed by atoms with Crippen LogP contribution in [0.15, 0.2) is 44.4 Å². The van der Waals surface area contributed by atoms with Crippen molar-refractivity contribution < 1.29 is 30.7 Å². The first-order valence-electron chi connectivity index (χ1n) is 6.73. The summed E-state index contributed by atoms with van der Waals surface area (Å²) in [6.07, 6.45) is -4.69. The number of halogens is 3. The third-order valence-corrected chi connectivity index (χ3v) is 4.97. The maximum atomic E-state index is 12.7. The van der Waals surface area contributed by atoms with Crippen LogP contribution in [-0.2, 0) is 14.8 Å². The zero-order valence-corrected chi connectivity index (χ0v) is 13.4. The van der Waals surface area contributed by atoms with Crippen LogP contribution in [0, 0.1) is 0 Å². The fourth-order valence-corrected chi connectivity index (χ4v) is 3.48. The van der Waals surface area contributed by atoms with E-state index in [1.807, 2.05) is 0 Å². The van der Waals surface area contributed by atoms with Crippen LogP contribution in [-0.4, -0.2) is 45.7 Å². The molecule has 0 unspecified atom stereocenters. The Labute approximate surface area is 135 Å². The van der Waals surface area contributed by atoms with Gasteiger partial charge >= 0.3 is 11.8 Å². The van der Waals surface area contributed by atoms with Crippen molar-refractivity contribution in [3.63, 3.8) is 0 Å². The molecule has 0 N–H and O–H groups in total. The standard InChI is InChI=1S/C14H14F3NO5S/c1-22-7-6-18(9-14(15,16)17)24(20,21)11-3-4-12-10(8-11)2-5-13(19)23-12/h2-5,8H,6-7,9H2,1H3. The summed E-state index contributed by atoms with van der Waals surface area (Å²) in [7, 11) is -3.13. The lowest BCUT2D eigenvalue weighted by Crippen LogP contribution is -2.40. The summed E-state index contributed by atoms with van der Waals surface area (Å²) in [6.45, 7) is -2.25. The summed E-state index contributed by atoms with van der Waals surface area (Å²) in [5.41, 5.74) is -0.474. The van der Waals surface area contributed by atoms with Crippen LogP contribution >= 0.6 is 0 Å². The van der Waals surface area contributed by atoms with E-state index >= 15 is 0 Å². The molecule has 0 fully saturated rings. The number of rotatable bonds is 6. The highest BCUT2D eigenvalue weighted by molar-refractivity contribution is 7.89. The van der Waals surface area contributed by atoms with Crippen molar-refractivity contribution in [2.45, 2.75) is 11.1 Å². The lowest BCUT2D eigenvalue weighted by molar-refractivity contribution is -0.136. The molecule has 1 aromatic heterocycles. The van der Waals surface area contributed by atoms with Crippen molar-refractivity contribution in [1.29, 1.82) is 0 Å². The van der Waals surface area contributed by atoms with Gasteiger partial charge in [-0.3, -0.25) is 0 Å². The second-order valence-electron chi connectivity index (χ2n) is 4.90. The summed E-state index contributed by atoms with van der Waals surface area (Å²) < 4.78 is 72.9. The van der Waals surface area contributed by atoms with Gasteiger partial charge < -0.3 is 9.15 Å². The molecule has 132 valence electrons. The molecule has 24 heavy (non-hydrogen) atoms. The van der Waals surface area contributed by atoms with Gasteiger partial charge in [0.1, 0.15) is 12.1 Å². The molecule has 0 saturated carbocycles. The quantitative estimate of drug-likeness (QED) is 0.732. The minimum absolute atomic E-state index is 0.140.